The largest absolute Gasteiger partial charge is 0.330 e. The molecule has 0 aliphatic carbocycles. The van der Waals surface area contributed by atoms with Gasteiger partial charge in [-0.3, -0.25) is 4.98 Å². The molecule has 0 saturated carbocycles. The van der Waals surface area contributed by atoms with Gasteiger partial charge in [0.15, 0.2) is 5.82 Å². The van der Waals surface area contributed by atoms with Crippen molar-refractivity contribution in [1.29, 1.82) is 0 Å². The van der Waals surface area contributed by atoms with Crippen molar-refractivity contribution in [2.75, 3.05) is 6.54 Å². The van der Waals surface area contributed by atoms with Crippen LogP contribution in [0.2, 0.25) is 0 Å². The fourth-order valence-electron chi connectivity index (χ4n) is 1.10. The maximum absolute atomic E-state index is 5.43. The summed E-state index contributed by atoms with van der Waals surface area (Å²) < 4.78 is 0. The van der Waals surface area contributed by atoms with Crippen molar-refractivity contribution in [3.8, 4) is 10.7 Å². The van der Waals surface area contributed by atoms with E-state index in [2.05, 4.69) is 15.0 Å². The lowest BCUT2D eigenvalue weighted by Gasteiger charge is -1.98. The number of thiazole rings is 1. The quantitative estimate of drug-likeness (QED) is 0.816. The zero-order valence-electron chi connectivity index (χ0n) is 7.55. The molecule has 0 saturated heterocycles. The van der Waals surface area contributed by atoms with Gasteiger partial charge in [0, 0.05) is 18.6 Å². The number of nitrogens with zero attached hydrogens (tertiary/aromatic N) is 3. The molecule has 2 aromatic heterocycles. The third kappa shape index (κ3) is 1.94. The number of hydrogen-bond acceptors (Lipinski definition) is 5. The Labute approximate surface area is 85.9 Å². The maximum Gasteiger partial charge on any atom is 0.171 e. The highest BCUT2D eigenvalue weighted by atomic mass is 32.1. The van der Waals surface area contributed by atoms with E-state index < -0.39 is 0 Å². The maximum atomic E-state index is 5.43. The van der Waals surface area contributed by atoms with E-state index in [-0.39, 0.29) is 0 Å². The van der Waals surface area contributed by atoms with Crippen molar-refractivity contribution < 1.29 is 0 Å². The molecule has 0 aliphatic heterocycles. The molecule has 0 spiro atoms. The fourth-order valence-corrected chi connectivity index (χ4v) is 1.67. The van der Waals surface area contributed by atoms with Crippen LogP contribution in [0.3, 0.4) is 0 Å². The van der Waals surface area contributed by atoms with E-state index in [4.69, 9.17) is 5.73 Å². The monoisotopic (exact) mass is 206 g/mol. The van der Waals surface area contributed by atoms with Crippen LogP contribution in [0.5, 0.6) is 0 Å². The van der Waals surface area contributed by atoms with Crippen LogP contribution in [-0.2, 0) is 6.42 Å². The van der Waals surface area contributed by atoms with Crippen LogP contribution in [0.4, 0.5) is 0 Å². The molecule has 0 atom stereocenters. The molecule has 2 rings (SSSR count). The Balaban J connectivity index is 2.22. The molecule has 0 bridgehead atoms. The summed E-state index contributed by atoms with van der Waals surface area (Å²) in [5.41, 5.74) is 8.27. The van der Waals surface area contributed by atoms with Gasteiger partial charge in [-0.25, -0.2) is 9.97 Å². The molecule has 0 aromatic carbocycles. The minimum atomic E-state index is 0.628. The molecule has 72 valence electrons. The lowest BCUT2D eigenvalue weighted by atomic mass is 10.2. The molecule has 0 amide bonds. The van der Waals surface area contributed by atoms with Crippen LogP contribution in [0, 0.1) is 0 Å². The van der Waals surface area contributed by atoms with E-state index in [1.54, 1.807) is 11.7 Å². The Hall–Kier alpha value is -1.33. The van der Waals surface area contributed by atoms with E-state index in [0.717, 1.165) is 22.7 Å². The smallest absolute Gasteiger partial charge is 0.171 e. The summed E-state index contributed by atoms with van der Waals surface area (Å²) >= 11 is 1.53. The second kappa shape index (κ2) is 4.26. The fraction of sp³-hybridized carbons (Fsp3) is 0.222. The lowest BCUT2D eigenvalue weighted by molar-refractivity contribution is 0.943. The summed E-state index contributed by atoms with van der Waals surface area (Å²) in [4.78, 5) is 13.5. The first kappa shape index (κ1) is 9.23. The number of aromatic nitrogens is 3. The third-order valence-electron chi connectivity index (χ3n) is 1.79. The van der Waals surface area contributed by atoms with E-state index in [9.17, 15) is 0 Å². The molecular weight excluding hydrogens is 196 g/mol. The normalized spacial score (nSPS) is 10.4. The molecule has 5 heteroatoms. The predicted octanol–water partition coefficient (Wildman–Crippen LogP) is 1.10. The molecule has 0 fully saturated rings. The Morgan fingerprint density at radius 2 is 2.00 bits per heavy atom. The molecule has 0 unspecified atom stereocenters. The van der Waals surface area contributed by atoms with Crippen LogP contribution in [0.25, 0.3) is 10.7 Å². The summed E-state index contributed by atoms with van der Waals surface area (Å²) in [6.07, 6.45) is 6.22. The van der Waals surface area contributed by atoms with E-state index in [1.807, 2.05) is 12.4 Å². The minimum absolute atomic E-state index is 0.628. The van der Waals surface area contributed by atoms with Crippen molar-refractivity contribution in [2.24, 2.45) is 5.73 Å². The first-order valence-corrected chi connectivity index (χ1v) is 5.18. The van der Waals surface area contributed by atoms with Crippen molar-refractivity contribution >= 4 is 11.3 Å². The zero-order valence-corrected chi connectivity index (χ0v) is 8.37. The lowest BCUT2D eigenvalue weighted by Crippen LogP contribution is -2.03. The van der Waals surface area contributed by atoms with Gasteiger partial charge in [-0.05, 0) is 18.5 Å². The van der Waals surface area contributed by atoms with E-state index in [1.165, 1.54) is 11.3 Å². The van der Waals surface area contributed by atoms with Crippen LogP contribution < -0.4 is 5.73 Å². The predicted molar refractivity (Wildman–Crippen MR) is 55.9 cm³/mol. The van der Waals surface area contributed by atoms with Crippen molar-refractivity contribution in [3.63, 3.8) is 0 Å². The topological polar surface area (TPSA) is 64.7 Å². The summed E-state index contributed by atoms with van der Waals surface area (Å²) in [5, 5.41) is 0. The molecule has 2 heterocycles. The van der Waals surface area contributed by atoms with Gasteiger partial charge in [0.05, 0.1) is 10.4 Å². The Kier molecular flexibility index (Phi) is 2.81. The average Bonchev–Trinajstić information content (AvgIpc) is 2.72. The van der Waals surface area contributed by atoms with Crippen LogP contribution in [-0.4, -0.2) is 21.5 Å². The number of nitrogens with two attached hydrogens (primary N) is 1. The number of hydrogen-bond donors (Lipinski definition) is 1. The summed E-state index contributed by atoms with van der Waals surface area (Å²) in [5.74, 6) is 0.730. The van der Waals surface area contributed by atoms with Gasteiger partial charge in [0.1, 0.15) is 0 Å². The Morgan fingerprint density at radius 1 is 1.21 bits per heavy atom. The average molecular weight is 206 g/mol. The Morgan fingerprint density at radius 3 is 2.57 bits per heavy atom. The Bertz CT molecular complexity index is 382. The van der Waals surface area contributed by atoms with Gasteiger partial charge in [0.25, 0.3) is 0 Å². The second-order valence-corrected chi connectivity index (χ2v) is 3.71. The van der Waals surface area contributed by atoms with Crippen molar-refractivity contribution in [3.05, 3.63) is 29.7 Å². The zero-order chi connectivity index (χ0) is 9.80. The second-order valence-electron chi connectivity index (χ2n) is 2.82. The van der Waals surface area contributed by atoms with E-state index >= 15 is 0 Å². The molecular formula is C9H10N4S. The number of rotatable bonds is 3. The molecule has 0 aliphatic rings. The summed E-state index contributed by atoms with van der Waals surface area (Å²) in [6.45, 7) is 0.628. The molecule has 2 aromatic rings. The first-order valence-electron chi connectivity index (χ1n) is 4.30. The molecule has 4 nitrogen and oxygen atoms in total. The van der Waals surface area contributed by atoms with E-state index in [0.29, 0.717) is 6.54 Å². The summed E-state index contributed by atoms with van der Waals surface area (Å²) in [6, 6.07) is 0. The van der Waals surface area contributed by atoms with Gasteiger partial charge < -0.3 is 5.73 Å². The highest BCUT2D eigenvalue weighted by Crippen LogP contribution is 2.18. The van der Waals surface area contributed by atoms with Gasteiger partial charge in [0.2, 0.25) is 0 Å². The van der Waals surface area contributed by atoms with Gasteiger partial charge in [-0.1, -0.05) is 0 Å². The van der Waals surface area contributed by atoms with Gasteiger partial charge in [-0.15, -0.1) is 11.3 Å². The summed E-state index contributed by atoms with van der Waals surface area (Å²) in [7, 11) is 0. The standard InChI is InChI=1S/C9H10N4S/c10-2-1-7-3-12-9(13-4-7)8-5-11-6-14-8/h3-6H,1-2,10H2. The van der Waals surface area contributed by atoms with Crippen LogP contribution >= 0.6 is 11.3 Å². The van der Waals surface area contributed by atoms with Crippen molar-refractivity contribution in [2.45, 2.75) is 6.42 Å². The molecule has 0 radical (unpaired) electrons. The van der Waals surface area contributed by atoms with Gasteiger partial charge in [-0.2, -0.15) is 0 Å². The molecule has 2 N–H and O–H groups in total. The minimum Gasteiger partial charge on any atom is -0.330 e. The van der Waals surface area contributed by atoms with Gasteiger partial charge >= 0.3 is 0 Å². The molecule has 14 heavy (non-hydrogen) atoms. The third-order valence-corrected chi connectivity index (χ3v) is 2.56. The van der Waals surface area contributed by atoms with Crippen molar-refractivity contribution in [1.82, 2.24) is 15.0 Å². The SMILES string of the molecule is NCCc1cnc(-c2cncs2)nc1. The van der Waals surface area contributed by atoms with Crippen LogP contribution in [0.15, 0.2) is 24.1 Å². The van der Waals surface area contributed by atoms with Crippen LogP contribution in [0.1, 0.15) is 5.56 Å². The highest BCUT2D eigenvalue weighted by molar-refractivity contribution is 7.13. The first-order chi connectivity index (χ1) is 6.90. The highest BCUT2D eigenvalue weighted by Gasteiger charge is 2.01.